The topological polar surface area (TPSA) is 26.3 Å². The normalized spacial score (nSPS) is 34.3. The molecule has 4 aliphatic carbocycles. The number of allylic oxidation sites excluding steroid dienone is 1. The summed E-state index contributed by atoms with van der Waals surface area (Å²) in [6.45, 7) is 14.9. The maximum Gasteiger partial charge on any atom is 0.306 e. The first kappa shape index (κ1) is 35.1. The Kier molecular flexibility index (Phi) is 13.6. The highest BCUT2D eigenvalue weighted by Crippen LogP contribution is 2.67. The van der Waals surface area contributed by atoms with E-state index in [4.69, 9.17) is 4.74 Å². The fourth-order valence-electron chi connectivity index (χ4n) is 10.9. The molecule has 0 aliphatic heterocycles. The highest BCUT2D eigenvalue weighted by atomic mass is 16.5. The van der Waals surface area contributed by atoms with Crippen LogP contribution in [0.1, 0.15) is 189 Å². The summed E-state index contributed by atoms with van der Waals surface area (Å²) in [5, 5.41) is 0. The Balaban J connectivity index is 1.19. The number of hydrogen-bond donors (Lipinski definition) is 0. The molecule has 0 aromatic heterocycles. The average molecular weight is 597 g/mol. The summed E-state index contributed by atoms with van der Waals surface area (Å²) in [6.07, 6.45) is 32.5. The van der Waals surface area contributed by atoms with Crippen molar-refractivity contribution < 1.29 is 9.53 Å². The Morgan fingerprint density at radius 3 is 2.16 bits per heavy atom. The molecule has 4 aliphatic rings. The van der Waals surface area contributed by atoms with Gasteiger partial charge in [-0.3, -0.25) is 4.79 Å². The van der Waals surface area contributed by atoms with Crippen LogP contribution in [-0.4, -0.2) is 12.1 Å². The molecule has 0 saturated heterocycles. The van der Waals surface area contributed by atoms with Crippen LogP contribution < -0.4 is 0 Å². The molecule has 3 fully saturated rings. The van der Waals surface area contributed by atoms with E-state index in [0.717, 1.165) is 54.8 Å². The van der Waals surface area contributed by atoms with Gasteiger partial charge in [-0.25, -0.2) is 0 Å². The SMILES string of the molecule is CCCCCCCCCCCCCC(=O)O[C@@H]1CC[C@@]2(C)C(=CC[C@H]3[C@@H]4CC[C@H]([C@H](C)CCCC(C)C)[C@@]4(C)CC[C@@H]32)C1. The molecule has 2 nitrogen and oxygen atoms in total. The lowest BCUT2D eigenvalue weighted by atomic mass is 9.47. The Morgan fingerprint density at radius 2 is 1.49 bits per heavy atom. The molecule has 0 radical (unpaired) electrons. The minimum atomic E-state index is 0.0618. The monoisotopic (exact) mass is 597 g/mol. The van der Waals surface area contributed by atoms with Gasteiger partial charge in [-0.1, -0.05) is 137 Å². The molecule has 0 N–H and O–H groups in total. The molecule has 0 bridgehead atoms. The number of carbonyl (C=O) groups excluding carboxylic acids is 1. The lowest BCUT2D eigenvalue weighted by Crippen LogP contribution is -2.51. The van der Waals surface area contributed by atoms with Crippen LogP contribution in [0.5, 0.6) is 0 Å². The maximum atomic E-state index is 12.7. The van der Waals surface area contributed by atoms with Gasteiger partial charge in [0.15, 0.2) is 0 Å². The van der Waals surface area contributed by atoms with E-state index in [0.29, 0.717) is 17.3 Å². The van der Waals surface area contributed by atoms with Crippen molar-refractivity contribution in [2.24, 2.45) is 46.3 Å². The summed E-state index contributed by atoms with van der Waals surface area (Å²) in [6, 6.07) is 0. The molecule has 248 valence electrons. The minimum Gasteiger partial charge on any atom is -0.462 e. The minimum absolute atomic E-state index is 0.0618. The third-order valence-corrected chi connectivity index (χ3v) is 13.5. The Morgan fingerprint density at radius 1 is 0.814 bits per heavy atom. The zero-order chi connectivity index (χ0) is 30.9. The molecule has 4 rings (SSSR count). The average Bonchev–Trinajstić information content (AvgIpc) is 3.33. The Labute approximate surface area is 268 Å². The van der Waals surface area contributed by atoms with E-state index in [1.807, 2.05) is 0 Å². The molecule has 8 atom stereocenters. The van der Waals surface area contributed by atoms with Crippen LogP contribution >= 0.6 is 0 Å². The van der Waals surface area contributed by atoms with E-state index in [2.05, 4.69) is 47.6 Å². The fraction of sp³-hybridized carbons (Fsp3) is 0.927. The van der Waals surface area contributed by atoms with Crippen molar-refractivity contribution in [2.75, 3.05) is 0 Å². The number of fused-ring (bicyclic) bond motifs is 5. The summed E-state index contributed by atoms with van der Waals surface area (Å²) in [5.74, 6) is 5.34. The zero-order valence-corrected chi connectivity index (χ0v) is 29.7. The van der Waals surface area contributed by atoms with E-state index in [9.17, 15) is 4.79 Å². The van der Waals surface area contributed by atoms with Gasteiger partial charge in [-0.05, 0) is 97.7 Å². The number of hydrogen-bond acceptors (Lipinski definition) is 2. The van der Waals surface area contributed by atoms with Crippen molar-refractivity contribution in [3.05, 3.63) is 11.6 Å². The van der Waals surface area contributed by atoms with Crippen molar-refractivity contribution in [1.82, 2.24) is 0 Å². The summed E-state index contributed by atoms with van der Waals surface area (Å²) in [5.41, 5.74) is 2.54. The molecular formula is C41H72O2. The number of carbonyl (C=O) groups is 1. The van der Waals surface area contributed by atoms with Crippen LogP contribution in [0.2, 0.25) is 0 Å². The van der Waals surface area contributed by atoms with Gasteiger partial charge in [-0.15, -0.1) is 0 Å². The van der Waals surface area contributed by atoms with Gasteiger partial charge in [0.05, 0.1) is 0 Å². The highest BCUT2D eigenvalue weighted by molar-refractivity contribution is 5.69. The van der Waals surface area contributed by atoms with Crippen LogP contribution in [0.4, 0.5) is 0 Å². The summed E-state index contributed by atoms with van der Waals surface area (Å²) >= 11 is 0. The molecule has 0 aromatic rings. The van der Waals surface area contributed by atoms with Gasteiger partial charge in [0.1, 0.15) is 6.10 Å². The number of rotatable bonds is 18. The third-order valence-electron chi connectivity index (χ3n) is 13.5. The van der Waals surface area contributed by atoms with Crippen molar-refractivity contribution >= 4 is 5.97 Å². The standard InChI is InChI=1S/C41H72O2/c1-7-8-9-10-11-12-13-14-15-16-17-21-39(42)43-34-26-28-40(5)33(30-34)22-23-35-37-25-24-36(32(4)20-18-19-31(2)3)41(37,6)29-27-38(35)40/h22,31-32,34-38H,7-21,23-30H2,1-6H3/t32-,34-,35+,36-,37+,38+,40+,41-/m1/s1. The lowest BCUT2D eigenvalue weighted by Gasteiger charge is -2.58. The lowest BCUT2D eigenvalue weighted by molar-refractivity contribution is -0.151. The van der Waals surface area contributed by atoms with Crippen LogP contribution in [0, 0.1) is 46.3 Å². The van der Waals surface area contributed by atoms with Gasteiger partial charge in [0, 0.05) is 12.8 Å². The summed E-state index contributed by atoms with van der Waals surface area (Å²) in [7, 11) is 0. The molecule has 0 heterocycles. The number of esters is 1. The maximum absolute atomic E-state index is 12.7. The first-order valence-electron chi connectivity index (χ1n) is 19.6. The van der Waals surface area contributed by atoms with Crippen molar-refractivity contribution in [3.8, 4) is 0 Å². The van der Waals surface area contributed by atoms with Crippen LogP contribution in [-0.2, 0) is 9.53 Å². The predicted octanol–water partition coefficient (Wildman–Crippen LogP) is 12.6. The third kappa shape index (κ3) is 8.93. The highest BCUT2D eigenvalue weighted by Gasteiger charge is 2.59. The van der Waals surface area contributed by atoms with Gasteiger partial charge in [0.25, 0.3) is 0 Å². The first-order valence-corrected chi connectivity index (χ1v) is 19.6. The molecule has 0 aromatic carbocycles. The second kappa shape index (κ2) is 16.7. The van der Waals surface area contributed by atoms with Gasteiger partial charge < -0.3 is 4.74 Å². The molecular weight excluding hydrogens is 524 g/mol. The van der Waals surface area contributed by atoms with E-state index in [1.165, 1.54) is 122 Å². The molecule has 0 amide bonds. The second-order valence-corrected chi connectivity index (χ2v) is 16.9. The largest absolute Gasteiger partial charge is 0.462 e. The summed E-state index contributed by atoms with van der Waals surface area (Å²) in [4.78, 5) is 12.7. The van der Waals surface area contributed by atoms with E-state index >= 15 is 0 Å². The second-order valence-electron chi connectivity index (χ2n) is 16.9. The predicted molar refractivity (Wildman–Crippen MR) is 184 cm³/mol. The quantitative estimate of drug-likeness (QED) is 0.0893. The van der Waals surface area contributed by atoms with Gasteiger partial charge in [0.2, 0.25) is 0 Å². The van der Waals surface area contributed by atoms with Gasteiger partial charge in [-0.2, -0.15) is 0 Å². The van der Waals surface area contributed by atoms with Crippen molar-refractivity contribution in [3.63, 3.8) is 0 Å². The molecule has 3 saturated carbocycles. The number of ether oxygens (including phenoxy) is 1. The fourth-order valence-corrected chi connectivity index (χ4v) is 10.9. The van der Waals surface area contributed by atoms with E-state index in [1.54, 1.807) is 5.57 Å². The smallest absolute Gasteiger partial charge is 0.306 e. The van der Waals surface area contributed by atoms with Crippen molar-refractivity contribution in [2.45, 2.75) is 195 Å². The first-order chi connectivity index (χ1) is 20.7. The van der Waals surface area contributed by atoms with Crippen LogP contribution in [0.15, 0.2) is 11.6 Å². The molecule has 2 heteroatoms. The molecule has 43 heavy (non-hydrogen) atoms. The van der Waals surface area contributed by atoms with Crippen LogP contribution in [0.25, 0.3) is 0 Å². The van der Waals surface area contributed by atoms with Gasteiger partial charge >= 0.3 is 5.97 Å². The van der Waals surface area contributed by atoms with Crippen molar-refractivity contribution in [1.29, 1.82) is 0 Å². The number of unbranched alkanes of at least 4 members (excludes halogenated alkanes) is 10. The Hall–Kier alpha value is -0.790. The zero-order valence-electron chi connectivity index (χ0n) is 29.7. The molecule has 0 unspecified atom stereocenters. The molecule has 0 spiro atoms. The van der Waals surface area contributed by atoms with E-state index in [-0.39, 0.29) is 12.1 Å². The Bertz CT molecular complexity index is 873. The van der Waals surface area contributed by atoms with Crippen LogP contribution in [0.3, 0.4) is 0 Å². The summed E-state index contributed by atoms with van der Waals surface area (Å²) < 4.78 is 6.11. The van der Waals surface area contributed by atoms with E-state index < -0.39 is 0 Å².